The van der Waals surface area contributed by atoms with E-state index in [2.05, 4.69) is 19.3 Å². The van der Waals surface area contributed by atoms with Crippen LogP contribution in [-0.2, 0) is 9.84 Å². The SMILES string of the molecule is CCC(C)CC(NN)c1ccc(S(C)(=O)=O)cc1. The van der Waals surface area contributed by atoms with E-state index in [1.54, 1.807) is 12.1 Å². The minimum atomic E-state index is -3.13. The van der Waals surface area contributed by atoms with Gasteiger partial charge >= 0.3 is 0 Å². The Balaban J connectivity index is 2.89. The summed E-state index contributed by atoms with van der Waals surface area (Å²) in [4.78, 5) is 0.338. The predicted octanol–water partition coefficient (Wildman–Crippen LogP) is 2.03. The molecule has 0 aliphatic carbocycles. The van der Waals surface area contributed by atoms with Crippen molar-refractivity contribution in [1.82, 2.24) is 5.43 Å². The van der Waals surface area contributed by atoms with Gasteiger partial charge in [0.25, 0.3) is 0 Å². The van der Waals surface area contributed by atoms with Gasteiger partial charge in [0, 0.05) is 12.3 Å². The molecule has 1 rings (SSSR count). The van der Waals surface area contributed by atoms with Crippen LogP contribution in [0.15, 0.2) is 29.2 Å². The monoisotopic (exact) mass is 270 g/mol. The Morgan fingerprint density at radius 2 is 1.83 bits per heavy atom. The molecule has 0 radical (unpaired) electrons. The fraction of sp³-hybridized carbons (Fsp3) is 0.538. The first-order chi connectivity index (χ1) is 8.38. The fourth-order valence-corrected chi connectivity index (χ4v) is 2.45. The molecule has 2 unspecified atom stereocenters. The number of rotatable bonds is 6. The summed E-state index contributed by atoms with van der Waals surface area (Å²) in [5.74, 6) is 6.13. The van der Waals surface area contributed by atoms with E-state index in [4.69, 9.17) is 5.84 Å². The van der Waals surface area contributed by atoms with Crippen LogP contribution in [0.25, 0.3) is 0 Å². The molecule has 0 amide bonds. The van der Waals surface area contributed by atoms with Crippen LogP contribution in [0.4, 0.5) is 0 Å². The van der Waals surface area contributed by atoms with Crippen molar-refractivity contribution in [2.24, 2.45) is 11.8 Å². The second-order valence-corrected chi connectivity index (χ2v) is 6.83. The minimum absolute atomic E-state index is 0.0635. The van der Waals surface area contributed by atoms with E-state index < -0.39 is 9.84 Å². The zero-order chi connectivity index (χ0) is 13.8. The highest BCUT2D eigenvalue weighted by atomic mass is 32.2. The summed E-state index contributed by atoms with van der Waals surface area (Å²) in [6.45, 7) is 4.32. The van der Waals surface area contributed by atoms with Crippen molar-refractivity contribution in [3.05, 3.63) is 29.8 Å². The quantitative estimate of drug-likeness (QED) is 0.613. The lowest BCUT2D eigenvalue weighted by Crippen LogP contribution is -2.29. The Hall–Kier alpha value is -0.910. The first-order valence-electron chi connectivity index (χ1n) is 6.14. The third-order valence-electron chi connectivity index (χ3n) is 3.25. The van der Waals surface area contributed by atoms with E-state index in [9.17, 15) is 8.42 Å². The molecule has 5 heteroatoms. The summed E-state index contributed by atoms with van der Waals surface area (Å²) in [7, 11) is -3.13. The summed E-state index contributed by atoms with van der Waals surface area (Å²) < 4.78 is 22.7. The third kappa shape index (κ3) is 4.08. The van der Waals surface area contributed by atoms with Gasteiger partial charge in [-0.2, -0.15) is 0 Å². The molecule has 0 bridgehead atoms. The van der Waals surface area contributed by atoms with Crippen LogP contribution < -0.4 is 11.3 Å². The molecule has 4 nitrogen and oxygen atoms in total. The van der Waals surface area contributed by atoms with E-state index in [1.165, 1.54) is 6.26 Å². The van der Waals surface area contributed by atoms with Crippen LogP contribution in [0.2, 0.25) is 0 Å². The number of hydrogen-bond acceptors (Lipinski definition) is 4. The van der Waals surface area contributed by atoms with Gasteiger partial charge in [0.2, 0.25) is 0 Å². The molecule has 0 fully saturated rings. The topological polar surface area (TPSA) is 72.2 Å². The van der Waals surface area contributed by atoms with Crippen molar-refractivity contribution in [2.75, 3.05) is 6.26 Å². The Morgan fingerprint density at radius 1 is 1.28 bits per heavy atom. The molecule has 0 saturated heterocycles. The molecule has 0 aliphatic heterocycles. The normalized spacial score (nSPS) is 15.3. The Kier molecular flexibility index (Phi) is 5.31. The Bertz CT molecular complexity index is 468. The van der Waals surface area contributed by atoms with E-state index in [0.717, 1.165) is 18.4 Å². The highest BCUT2D eigenvalue weighted by molar-refractivity contribution is 7.90. The van der Waals surface area contributed by atoms with Crippen molar-refractivity contribution >= 4 is 9.84 Å². The van der Waals surface area contributed by atoms with Crippen molar-refractivity contribution in [3.63, 3.8) is 0 Å². The molecule has 18 heavy (non-hydrogen) atoms. The first kappa shape index (κ1) is 15.1. The largest absolute Gasteiger partial charge is 0.271 e. The maximum atomic E-state index is 11.4. The van der Waals surface area contributed by atoms with E-state index >= 15 is 0 Å². The van der Waals surface area contributed by atoms with Gasteiger partial charge in [0.05, 0.1) is 4.90 Å². The molecular formula is C13H22N2O2S. The van der Waals surface area contributed by atoms with Gasteiger partial charge < -0.3 is 0 Å². The predicted molar refractivity (Wildman–Crippen MR) is 73.7 cm³/mol. The lowest BCUT2D eigenvalue weighted by atomic mass is 9.95. The number of nitrogens with one attached hydrogen (secondary N) is 1. The Morgan fingerprint density at radius 3 is 2.22 bits per heavy atom. The summed E-state index contributed by atoms with van der Waals surface area (Å²) in [5, 5.41) is 0. The fourth-order valence-electron chi connectivity index (χ4n) is 1.82. The van der Waals surface area contributed by atoms with Gasteiger partial charge in [-0.15, -0.1) is 0 Å². The van der Waals surface area contributed by atoms with Crippen molar-refractivity contribution < 1.29 is 8.42 Å². The van der Waals surface area contributed by atoms with Crippen LogP contribution >= 0.6 is 0 Å². The number of benzene rings is 1. The molecule has 0 aliphatic rings. The van der Waals surface area contributed by atoms with Crippen LogP contribution in [0.1, 0.15) is 38.3 Å². The lowest BCUT2D eigenvalue weighted by Gasteiger charge is -2.20. The molecule has 1 aromatic carbocycles. The molecule has 2 atom stereocenters. The number of hydrazine groups is 1. The van der Waals surface area contributed by atoms with Gasteiger partial charge in [-0.05, 0) is 30.0 Å². The highest BCUT2D eigenvalue weighted by Gasteiger charge is 2.14. The maximum absolute atomic E-state index is 11.4. The van der Waals surface area contributed by atoms with E-state index in [1.807, 2.05) is 12.1 Å². The molecule has 0 aromatic heterocycles. The van der Waals surface area contributed by atoms with Crippen LogP contribution in [0.3, 0.4) is 0 Å². The van der Waals surface area contributed by atoms with Gasteiger partial charge in [-0.25, -0.2) is 8.42 Å². The molecular weight excluding hydrogens is 248 g/mol. The lowest BCUT2D eigenvalue weighted by molar-refractivity contribution is 0.407. The average Bonchev–Trinajstić information content (AvgIpc) is 2.34. The highest BCUT2D eigenvalue weighted by Crippen LogP contribution is 2.23. The summed E-state index contributed by atoms with van der Waals surface area (Å²) >= 11 is 0. The first-order valence-corrected chi connectivity index (χ1v) is 8.03. The van der Waals surface area contributed by atoms with Crippen molar-refractivity contribution in [3.8, 4) is 0 Å². The van der Waals surface area contributed by atoms with Crippen LogP contribution in [0, 0.1) is 5.92 Å². The second-order valence-electron chi connectivity index (χ2n) is 4.81. The number of sulfone groups is 1. The second kappa shape index (κ2) is 6.31. The van der Waals surface area contributed by atoms with Gasteiger partial charge in [0.1, 0.15) is 0 Å². The van der Waals surface area contributed by atoms with Crippen LogP contribution in [0.5, 0.6) is 0 Å². The molecule has 3 N–H and O–H groups in total. The van der Waals surface area contributed by atoms with E-state index in [-0.39, 0.29) is 6.04 Å². The molecule has 1 aromatic rings. The smallest absolute Gasteiger partial charge is 0.175 e. The van der Waals surface area contributed by atoms with Crippen molar-refractivity contribution in [2.45, 2.75) is 37.6 Å². The molecule has 0 spiro atoms. The average molecular weight is 270 g/mol. The van der Waals surface area contributed by atoms with Gasteiger partial charge in [-0.3, -0.25) is 11.3 Å². The summed E-state index contributed by atoms with van der Waals surface area (Å²) in [5.41, 5.74) is 3.81. The van der Waals surface area contributed by atoms with Gasteiger partial charge in [0.15, 0.2) is 9.84 Å². The van der Waals surface area contributed by atoms with E-state index in [0.29, 0.717) is 10.8 Å². The van der Waals surface area contributed by atoms with Gasteiger partial charge in [-0.1, -0.05) is 32.4 Å². The standard InChI is InChI=1S/C13H22N2O2S/c1-4-10(2)9-13(15-14)11-5-7-12(8-6-11)18(3,16)17/h5-8,10,13,15H,4,9,14H2,1-3H3. The number of nitrogens with two attached hydrogens (primary N) is 1. The van der Waals surface area contributed by atoms with Crippen LogP contribution in [-0.4, -0.2) is 14.7 Å². The van der Waals surface area contributed by atoms with Crippen molar-refractivity contribution in [1.29, 1.82) is 0 Å². The third-order valence-corrected chi connectivity index (χ3v) is 4.38. The summed E-state index contributed by atoms with van der Waals surface area (Å²) in [6, 6.07) is 6.97. The zero-order valence-corrected chi connectivity index (χ0v) is 12.0. The molecule has 0 heterocycles. The number of hydrogen-bond donors (Lipinski definition) is 2. The molecule has 0 saturated carbocycles. The summed E-state index contributed by atoms with van der Waals surface area (Å²) in [6.07, 6.45) is 3.24. The zero-order valence-electron chi connectivity index (χ0n) is 11.2. The Labute approximate surface area is 109 Å². The minimum Gasteiger partial charge on any atom is -0.271 e. The molecule has 102 valence electrons. The maximum Gasteiger partial charge on any atom is 0.175 e.